The average molecular weight is 381 g/mol. The van der Waals surface area contributed by atoms with Crippen LogP contribution in [0.1, 0.15) is 34.2 Å². The van der Waals surface area contributed by atoms with Crippen LogP contribution in [0.4, 0.5) is 10.5 Å². The summed E-state index contributed by atoms with van der Waals surface area (Å²) in [5.74, 6) is -0.400. The molecule has 4 rings (SSSR count). The summed E-state index contributed by atoms with van der Waals surface area (Å²) in [4.78, 5) is 30.9. The topological polar surface area (TPSA) is 71.5 Å². The minimum absolute atomic E-state index is 0.00302. The number of urea groups is 1. The summed E-state index contributed by atoms with van der Waals surface area (Å²) in [5, 5.41) is 3.89. The molecule has 6 nitrogen and oxygen atoms in total. The Labute approximate surface area is 160 Å². The molecule has 1 aromatic heterocycles. The maximum Gasteiger partial charge on any atom is 0.337 e. The molecular weight excluding hydrogens is 362 g/mol. The first-order chi connectivity index (χ1) is 13.2. The molecule has 2 heterocycles. The maximum absolute atomic E-state index is 12.8. The fourth-order valence-electron chi connectivity index (χ4n) is 3.30. The number of nitrogens with one attached hydrogen (secondary N) is 1. The molecule has 2 amide bonds. The molecule has 1 saturated heterocycles. The van der Waals surface area contributed by atoms with Gasteiger partial charge in [-0.1, -0.05) is 12.1 Å². The second-order valence-corrected chi connectivity index (χ2v) is 7.43. The second kappa shape index (κ2) is 7.36. The Morgan fingerprint density at radius 2 is 1.96 bits per heavy atom. The first kappa shape index (κ1) is 17.5. The number of methoxy groups -OCH3 is 1. The van der Waals surface area contributed by atoms with Crippen LogP contribution in [0.25, 0.3) is 10.2 Å². The molecule has 1 fully saturated rings. The second-order valence-electron chi connectivity index (χ2n) is 6.37. The largest absolute Gasteiger partial charge is 0.465 e. The lowest BCUT2D eigenvalue weighted by Gasteiger charge is -2.23. The number of hydrogen-bond acceptors (Lipinski definition) is 5. The fraction of sp³-hybridized carbons (Fsp3) is 0.250. The van der Waals surface area contributed by atoms with Gasteiger partial charge in [0.15, 0.2) is 0 Å². The van der Waals surface area contributed by atoms with Gasteiger partial charge in [0.25, 0.3) is 0 Å². The van der Waals surface area contributed by atoms with Crippen molar-refractivity contribution in [3.8, 4) is 0 Å². The van der Waals surface area contributed by atoms with Crippen molar-refractivity contribution < 1.29 is 14.3 Å². The van der Waals surface area contributed by atoms with Gasteiger partial charge in [0.2, 0.25) is 0 Å². The summed E-state index contributed by atoms with van der Waals surface area (Å²) in [6, 6.07) is 14.5. The van der Waals surface area contributed by atoms with Gasteiger partial charge in [-0.2, -0.15) is 0 Å². The van der Waals surface area contributed by atoms with Crippen LogP contribution in [0.3, 0.4) is 0 Å². The van der Waals surface area contributed by atoms with Crippen LogP contribution < -0.4 is 5.32 Å². The molecule has 0 spiro atoms. The molecule has 1 aliphatic heterocycles. The number of aromatic nitrogens is 1. The molecule has 1 N–H and O–H groups in total. The summed E-state index contributed by atoms with van der Waals surface area (Å²) in [6.07, 6.45) is 1.86. The Kier molecular flexibility index (Phi) is 4.77. The van der Waals surface area contributed by atoms with E-state index in [9.17, 15) is 9.59 Å². The summed E-state index contributed by atoms with van der Waals surface area (Å²) in [6.45, 7) is 0.701. The minimum atomic E-state index is -0.400. The van der Waals surface area contributed by atoms with Crippen LogP contribution in [0.15, 0.2) is 48.5 Å². The van der Waals surface area contributed by atoms with Crippen LogP contribution in [-0.2, 0) is 4.74 Å². The van der Waals surface area contributed by atoms with Crippen molar-refractivity contribution in [3.63, 3.8) is 0 Å². The summed E-state index contributed by atoms with van der Waals surface area (Å²) in [7, 11) is 1.34. The van der Waals surface area contributed by atoms with Crippen molar-refractivity contribution in [2.24, 2.45) is 0 Å². The highest BCUT2D eigenvalue weighted by Crippen LogP contribution is 2.36. The van der Waals surface area contributed by atoms with Crippen molar-refractivity contribution in [3.05, 3.63) is 59.1 Å². The molecule has 1 atom stereocenters. The van der Waals surface area contributed by atoms with E-state index >= 15 is 0 Å². The van der Waals surface area contributed by atoms with E-state index in [0.717, 1.165) is 28.1 Å². The molecular formula is C20H19N3O3S. The van der Waals surface area contributed by atoms with E-state index in [1.807, 2.05) is 23.1 Å². The number of ether oxygens (including phenoxy) is 1. The smallest absolute Gasteiger partial charge is 0.337 e. The third-order valence-corrected chi connectivity index (χ3v) is 5.80. The van der Waals surface area contributed by atoms with Gasteiger partial charge in [0.05, 0.1) is 28.9 Å². The zero-order valence-electron chi connectivity index (χ0n) is 14.8. The number of esters is 1. The summed E-state index contributed by atoms with van der Waals surface area (Å²) >= 11 is 1.65. The predicted octanol–water partition coefficient (Wildman–Crippen LogP) is 4.45. The van der Waals surface area contributed by atoms with Crippen LogP contribution in [0, 0.1) is 0 Å². The van der Waals surface area contributed by atoms with Gasteiger partial charge in [-0.3, -0.25) is 0 Å². The molecule has 0 unspecified atom stereocenters. The molecule has 0 saturated carbocycles. The first-order valence-electron chi connectivity index (χ1n) is 8.77. The number of hydrogen-bond donors (Lipinski definition) is 1. The van der Waals surface area contributed by atoms with E-state index in [1.165, 1.54) is 7.11 Å². The highest BCUT2D eigenvalue weighted by atomic mass is 32.1. The Bertz CT molecular complexity index is 951. The van der Waals surface area contributed by atoms with Crippen molar-refractivity contribution in [2.75, 3.05) is 19.0 Å². The van der Waals surface area contributed by atoms with E-state index in [2.05, 4.69) is 16.1 Å². The van der Waals surface area contributed by atoms with Gasteiger partial charge in [0, 0.05) is 12.2 Å². The van der Waals surface area contributed by atoms with Crippen molar-refractivity contribution in [1.29, 1.82) is 0 Å². The minimum Gasteiger partial charge on any atom is -0.465 e. The van der Waals surface area contributed by atoms with Gasteiger partial charge in [-0.15, -0.1) is 11.3 Å². The zero-order valence-corrected chi connectivity index (χ0v) is 15.7. The number of anilines is 1. The highest BCUT2D eigenvalue weighted by Gasteiger charge is 2.32. The third-order valence-electron chi connectivity index (χ3n) is 4.67. The number of fused-ring (bicyclic) bond motifs is 1. The predicted molar refractivity (Wildman–Crippen MR) is 105 cm³/mol. The fourth-order valence-corrected chi connectivity index (χ4v) is 4.42. The normalized spacial score (nSPS) is 16.5. The number of likely N-dealkylation sites (tertiary alicyclic amines) is 1. The number of thiazole rings is 1. The Balaban J connectivity index is 1.49. The molecule has 27 heavy (non-hydrogen) atoms. The quantitative estimate of drug-likeness (QED) is 0.680. The van der Waals surface area contributed by atoms with Crippen LogP contribution >= 0.6 is 11.3 Å². The SMILES string of the molecule is COC(=O)c1ccc(NC(=O)N2CCC[C@@H]2c2nc3ccccc3s2)cc1. The highest BCUT2D eigenvalue weighted by molar-refractivity contribution is 7.18. The van der Waals surface area contributed by atoms with E-state index in [-0.39, 0.29) is 12.1 Å². The van der Waals surface area contributed by atoms with Gasteiger partial charge in [-0.05, 0) is 49.2 Å². The van der Waals surface area contributed by atoms with Crippen molar-refractivity contribution in [2.45, 2.75) is 18.9 Å². The number of carbonyl (C=O) groups excluding carboxylic acids is 2. The van der Waals surface area contributed by atoms with Crippen LogP contribution in [-0.4, -0.2) is 35.5 Å². The van der Waals surface area contributed by atoms with E-state index in [4.69, 9.17) is 4.98 Å². The number of nitrogens with zero attached hydrogens (tertiary/aromatic N) is 2. The van der Waals surface area contributed by atoms with E-state index in [1.54, 1.807) is 35.6 Å². The lowest BCUT2D eigenvalue weighted by molar-refractivity contribution is 0.0600. The molecule has 0 aliphatic carbocycles. The molecule has 2 aromatic carbocycles. The maximum atomic E-state index is 12.8. The molecule has 0 radical (unpaired) electrons. The Morgan fingerprint density at radius 1 is 1.19 bits per heavy atom. The van der Waals surface area contributed by atoms with Crippen LogP contribution in [0.5, 0.6) is 0 Å². The molecule has 138 valence electrons. The summed E-state index contributed by atoms with van der Waals surface area (Å²) in [5.41, 5.74) is 2.06. The lowest BCUT2D eigenvalue weighted by Crippen LogP contribution is -2.34. The number of rotatable bonds is 3. The van der Waals surface area contributed by atoms with Crippen molar-refractivity contribution in [1.82, 2.24) is 9.88 Å². The lowest BCUT2D eigenvalue weighted by atomic mass is 10.2. The monoisotopic (exact) mass is 381 g/mol. The van der Waals surface area contributed by atoms with Crippen LogP contribution in [0.2, 0.25) is 0 Å². The third kappa shape index (κ3) is 3.50. The molecule has 3 aromatic rings. The number of para-hydroxylation sites is 1. The summed E-state index contributed by atoms with van der Waals surface area (Å²) < 4.78 is 5.82. The number of carbonyl (C=O) groups is 2. The van der Waals surface area contributed by atoms with Crippen molar-refractivity contribution >= 4 is 39.2 Å². The Morgan fingerprint density at radius 3 is 2.70 bits per heavy atom. The Hall–Kier alpha value is -2.93. The standard InChI is InChI=1S/C20H19N3O3S/c1-26-19(24)13-8-10-14(11-9-13)21-20(25)23-12-4-6-16(23)18-22-15-5-2-3-7-17(15)27-18/h2-3,5,7-11,16H,4,6,12H2,1H3,(H,21,25)/t16-/m1/s1. The molecule has 1 aliphatic rings. The molecule has 7 heteroatoms. The van der Waals surface area contributed by atoms with E-state index in [0.29, 0.717) is 17.8 Å². The van der Waals surface area contributed by atoms with Gasteiger partial charge in [-0.25, -0.2) is 14.6 Å². The van der Waals surface area contributed by atoms with Gasteiger partial charge < -0.3 is 15.0 Å². The van der Waals surface area contributed by atoms with E-state index < -0.39 is 5.97 Å². The zero-order chi connectivity index (χ0) is 18.8. The first-order valence-corrected chi connectivity index (χ1v) is 9.59. The van der Waals surface area contributed by atoms with Gasteiger partial charge >= 0.3 is 12.0 Å². The molecule has 0 bridgehead atoms. The average Bonchev–Trinajstić information content (AvgIpc) is 3.34. The number of amides is 2. The van der Waals surface area contributed by atoms with Gasteiger partial charge in [0.1, 0.15) is 5.01 Å². The number of benzene rings is 2.